The highest BCUT2D eigenvalue weighted by Crippen LogP contribution is 2.18. The molecule has 0 saturated carbocycles. The van der Waals surface area contributed by atoms with Crippen molar-refractivity contribution >= 4 is 11.4 Å². The van der Waals surface area contributed by atoms with Gasteiger partial charge in [-0.1, -0.05) is 12.1 Å². The topological polar surface area (TPSA) is 50.8 Å². The second kappa shape index (κ2) is 6.97. The molecule has 1 saturated heterocycles. The van der Waals surface area contributed by atoms with Crippen LogP contribution in [0.3, 0.4) is 0 Å². The van der Waals surface area contributed by atoms with Gasteiger partial charge < -0.3 is 9.80 Å². The van der Waals surface area contributed by atoms with Gasteiger partial charge in [0.15, 0.2) is 0 Å². The molecule has 0 spiro atoms. The Morgan fingerprint density at radius 3 is 2.46 bits per heavy atom. The van der Waals surface area contributed by atoms with Gasteiger partial charge in [0.05, 0.1) is 31.1 Å². The molecule has 1 aliphatic rings. The molecule has 0 bridgehead atoms. The fraction of sp³-hybridized carbons (Fsp3) is 0.333. The molecule has 0 unspecified atom stereocenters. The Kier molecular flexibility index (Phi) is 4.76. The van der Waals surface area contributed by atoms with Crippen molar-refractivity contribution in [2.45, 2.75) is 13.0 Å². The number of hydrogen-bond acceptors (Lipinski definition) is 3. The number of hydrogen-bond donors (Lipinski definition) is 1. The minimum Gasteiger partial charge on any atom is -0.360 e. The number of piperazine rings is 1. The predicted molar refractivity (Wildman–Crippen MR) is 90.8 cm³/mol. The maximum absolute atomic E-state index is 13.0. The summed E-state index contributed by atoms with van der Waals surface area (Å²) in [6, 6.07) is 13.7. The van der Waals surface area contributed by atoms with Crippen molar-refractivity contribution in [2.75, 3.05) is 31.1 Å². The lowest BCUT2D eigenvalue weighted by Crippen LogP contribution is -3.14. The van der Waals surface area contributed by atoms with E-state index in [0.717, 1.165) is 37.4 Å². The highest BCUT2D eigenvalue weighted by Gasteiger charge is 2.26. The Morgan fingerprint density at radius 2 is 1.83 bits per heavy atom. The Morgan fingerprint density at radius 1 is 1.17 bits per heavy atom. The lowest BCUT2D eigenvalue weighted by atomic mass is 10.1. The third-order valence-electron chi connectivity index (χ3n) is 4.79. The van der Waals surface area contributed by atoms with Crippen LogP contribution in [0.2, 0.25) is 0 Å². The van der Waals surface area contributed by atoms with Crippen molar-refractivity contribution in [2.24, 2.45) is 0 Å². The van der Waals surface area contributed by atoms with Crippen molar-refractivity contribution in [3.05, 3.63) is 70.0 Å². The maximum atomic E-state index is 13.0. The quantitative estimate of drug-likeness (QED) is 0.691. The summed E-state index contributed by atoms with van der Waals surface area (Å²) < 4.78 is 13.0. The molecule has 0 aromatic heterocycles. The average Bonchev–Trinajstić information content (AvgIpc) is 2.62. The second-order valence-electron chi connectivity index (χ2n) is 6.20. The van der Waals surface area contributed by atoms with E-state index >= 15 is 0 Å². The molecule has 0 radical (unpaired) electrons. The third kappa shape index (κ3) is 3.54. The first kappa shape index (κ1) is 16.4. The lowest BCUT2D eigenvalue weighted by Gasteiger charge is -2.36. The van der Waals surface area contributed by atoms with Crippen molar-refractivity contribution in [3.63, 3.8) is 0 Å². The molecule has 1 fully saturated rings. The van der Waals surface area contributed by atoms with E-state index in [1.807, 2.05) is 18.2 Å². The van der Waals surface area contributed by atoms with Crippen LogP contribution in [0.1, 0.15) is 18.5 Å². The monoisotopic (exact) mass is 330 g/mol. The van der Waals surface area contributed by atoms with Crippen LogP contribution in [0.5, 0.6) is 0 Å². The van der Waals surface area contributed by atoms with E-state index in [-0.39, 0.29) is 22.5 Å². The normalized spacial score (nSPS) is 16.8. The summed E-state index contributed by atoms with van der Waals surface area (Å²) in [4.78, 5) is 14.3. The van der Waals surface area contributed by atoms with E-state index in [1.54, 1.807) is 12.1 Å². The summed E-state index contributed by atoms with van der Waals surface area (Å²) in [5.74, 6) is -0.220. The summed E-state index contributed by atoms with van der Waals surface area (Å²) in [5, 5.41) is 10.9. The van der Waals surface area contributed by atoms with Gasteiger partial charge in [-0.05, 0) is 31.2 Å². The number of nitrogens with one attached hydrogen (secondary N) is 1. The van der Waals surface area contributed by atoms with E-state index in [2.05, 4.69) is 11.8 Å². The Bertz CT molecular complexity index is 712. The number of halogens is 1. The number of nitro groups is 1. The Hall–Kier alpha value is -2.47. The number of nitro benzene ring substituents is 1. The van der Waals surface area contributed by atoms with Gasteiger partial charge in [0.1, 0.15) is 11.9 Å². The second-order valence-corrected chi connectivity index (χ2v) is 6.20. The first-order chi connectivity index (χ1) is 11.5. The number of quaternary nitrogens is 1. The number of nitrogens with zero attached hydrogens (tertiary/aromatic N) is 2. The van der Waals surface area contributed by atoms with E-state index in [1.165, 1.54) is 23.1 Å². The molecule has 2 aromatic rings. The maximum Gasteiger partial charge on any atom is 0.269 e. The summed E-state index contributed by atoms with van der Waals surface area (Å²) in [6.45, 7) is 5.78. The van der Waals surface area contributed by atoms with E-state index in [9.17, 15) is 14.5 Å². The molecule has 0 aliphatic carbocycles. The van der Waals surface area contributed by atoms with E-state index in [4.69, 9.17) is 0 Å². The summed E-state index contributed by atoms with van der Waals surface area (Å²) in [7, 11) is 0. The van der Waals surface area contributed by atoms with Crippen LogP contribution in [-0.4, -0.2) is 31.1 Å². The predicted octanol–water partition coefficient (Wildman–Crippen LogP) is 2.20. The molecular formula is C18H21FN3O2+. The van der Waals surface area contributed by atoms with Crippen LogP contribution in [0.25, 0.3) is 0 Å². The minimum absolute atomic E-state index is 0.142. The van der Waals surface area contributed by atoms with Crippen molar-refractivity contribution in [1.82, 2.24) is 0 Å². The third-order valence-corrected chi connectivity index (χ3v) is 4.79. The van der Waals surface area contributed by atoms with Crippen LogP contribution in [0.15, 0.2) is 48.5 Å². The van der Waals surface area contributed by atoms with Crippen molar-refractivity contribution in [1.29, 1.82) is 0 Å². The first-order valence-corrected chi connectivity index (χ1v) is 8.14. The van der Waals surface area contributed by atoms with Gasteiger partial charge in [0, 0.05) is 23.4 Å². The van der Waals surface area contributed by atoms with Gasteiger partial charge in [-0.3, -0.25) is 10.1 Å². The SMILES string of the molecule is C[C@@H](c1cccc([N+](=O)[O-])c1)[NH+]1CCN(c2ccc(F)cc2)CC1. The van der Waals surface area contributed by atoms with Gasteiger partial charge in [0.2, 0.25) is 0 Å². The smallest absolute Gasteiger partial charge is 0.269 e. The molecule has 1 atom stereocenters. The molecular weight excluding hydrogens is 309 g/mol. The van der Waals surface area contributed by atoms with Gasteiger partial charge >= 0.3 is 0 Å². The zero-order chi connectivity index (χ0) is 17.1. The van der Waals surface area contributed by atoms with Crippen molar-refractivity contribution in [3.8, 4) is 0 Å². The zero-order valence-corrected chi connectivity index (χ0v) is 13.6. The molecule has 3 rings (SSSR count). The molecule has 2 aromatic carbocycles. The number of rotatable bonds is 4. The molecule has 126 valence electrons. The molecule has 5 nitrogen and oxygen atoms in total. The largest absolute Gasteiger partial charge is 0.360 e. The molecule has 24 heavy (non-hydrogen) atoms. The Labute approximate surface area is 140 Å². The first-order valence-electron chi connectivity index (χ1n) is 8.14. The van der Waals surface area contributed by atoms with Crippen LogP contribution >= 0.6 is 0 Å². The van der Waals surface area contributed by atoms with Crippen LogP contribution in [-0.2, 0) is 0 Å². The standard InChI is InChI=1S/C18H20FN3O2/c1-14(15-3-2-4-18(13-15)22(23)24)20-9-11-21(12-10-20)17-7-5-16(19)6-8-17/h2-8,13-14H,9-12H2,1H3/p+1/t14-/m0/s1. The van der Waals surface area contributed by atoms with Gasteiger partial charge in [0.25, 0.3) is 5.69 Å². The average molecular weight is 330 g/mol. The molecule has 1 aliphatic heterocycles. The molecule has 6 heteroatoms. The molecule has 0 amide bonds. The number of benzene rings is 2. The number of non-ortho nitro benzene ring substituents is 1. The van der Waals surface area contributed by atoms with Gasteiger partial charge in [-0.2, -0.15) is 0 Å². The fourth-order valence-corrected chi connectivity index (χ4v) is 3.28. The van der Waals surface area contributed by atoms with Gasteiger partial charge in [-0.25, -0.2) is 4.39 Å². The minimum atomic E-state index is -0.349. The van der Waals surface area contributed by atoms with E-state index in [0.29, 0.717) is 0 Å². The summed E-state index contributed by atoms with van der Waals surface area (Å²) in [5.41, 5.74) is 2.18. The lowest BCUT2D eigenvalue weighted by molar-refractivity contribution is -0.930. The van der Waals surface area contributed by atoms with E-state index < -0.39 is 0 Å². The molecule has 1 heterocycles. The zero-order valence-electron chi connectivity index (χ0n) is 13.6. The molecule has 1 N–H and O–H groups in total. The Balaban J connectivity index is 1.64. The number of anilines is 1. The van der Waals surface area contributed by atoms with Gasteiger partial charge in [-0.15, -0.1) is 0 Å². The summed E-state index contributed by atoms with van der Waals surface area (Å²) >= 11 is 0. The summed E-state index contributed by atoms with van der Waals surface area (Å²) in [6.07, 6.45) is 0. The fourth-order valence-electron chi connectivity index (χ4n) is 3.28. The van der Waals surface area contributed by atoms with Crippen LogP contribution in [0, 0.1) is 15.9 Å². The van der Waals surface area contributed by atoms with Crippen LogP contribution in [0.4, 0.5) is 15.8 Å². The van der Waals surface area contributed by atoms with Crippen molar-refractivity contribution < 1.29 is 14.2 Å². The highest BCUT2D eigenvalue weighted by molar-refractivity contribution is 5.46. The van der Waals surface area contributed by atoms with Crippen LogP contribution < -0.4 is 9.80 Å². The highest BCUT2D eigenvalue weighted by atomic mass is 19.1.